The zero-order valence-corrected chi connectivity index (χ0v) is 13.5. The Hall–Kier alpha value is -3.41. The average molecular weight is 344 g/mol. The van der Waals surface area contributed by atoms with Crippen molar-refractivity contribution in [2.45, 2.75) is 19.8 Å². The number of nitrogen functional groups attached to an aromatic ring is 1. The van der Waals surface area contributed by atoms with Gasteiger partial charge in [-0.05, 0) is 37.5 Å². The van der Waals surface area contributed by atoms with Crippen LogP contribution in [0.25, 0.3) is 0 Å². The second kappa shape index (κ2) is 7.92. The molecule has 0 aliphatic carbocycles. The number of anilines is 2. The molecule has 0 spiro atoms. The molecule has 9 heteroatoms. The Labute approximate surface area is 143 Å². The van der Waals surface area contributed by atoms with Gasteiger partial charge in [0.25, 0.3) is 0 Å². The van der Waals surface area contributed by atoms with Crippen molar-refractivity contribution >= 4 is 23.3 Å². The Morgan fingerprint density at radius 2 is 2.16 bits per heavy atom. The lowest BCUT2D eigenvalue weighted by molar-refractivity contribution is -0.136. The highest BCUT2D eigenvalue weighted by molar-refractivity contribution is 6.39. The number of aromatic amines is 1. The summed E-state index contributed by atoms with van der Waals surface area (Å²) in [4.78, 5) is 23.5. The monoisotopic (exact) mass is 344 g/mol. The van der Waals surface area contributed by atoms with Gasteiger partial charge in [0, 0.05) is 12.2 Å². The van der Waals surface area contributed by atoms with Gasteiger partial charge in [0.15, 0.2) is 5.82 Å². The number of halogens is 1. The molecular weight excluding hydrogens is 327 g/mol. The van der Waals surface area contributed by atoms with Crippen LogP contribution >= 0.6 is 0 Å². The van der Waals surface area contributed by atoms with Crippen LogP contribution in [0.1, 0.15) is 23.2 Å². The molecule has 0 atom stereocenters. The Kier molecular flexibility index (Phi) is 5.68. The molecule has 0 radical (unpaired) electrons. The zero-order chi connectivity index (χ0) is 18.4. The van der Waals surface area contributed by atoms with Crippen LogP contribution in [-0.4, -0.2) is 28.6 Å². The molecule has 0 saturated carbocycles. The first-order valence-corrected chi connectivity index (χ1v) is 7.50. The average Bonchev–Trinajstić information content (AvgIpc) is 2.94. The number of H-pyrrole nitrogens is 1. The third-order valence-electron chi connectivity index (χ3n) is 3.51. The Morgan fingerprint density at radius 3 is 2.84 bits per heavy atom. The predicted molar refractivity (Wildman–Crippen MR) is 88.8 cm³/mol. The van der Waals surface area contributed by atoms with Crippen molar-refractivity contribution in [3.63, 3.8) is 0 Å². The number of nitrogens with one attached hydrogen (secondary N) is 3. The fraction of sp³-hybridized carbons (Fsp3) is 0.250. The second-order valence-electron chi connectivity index (χ2n) is 5.35. The summed E-state index contributed by atoms with van der Waals surface area (Å²) in [6, 6.07) is 6.11. The molecule has 0 unspecified atom stereocenters. The molecule has 0 aliphatic rings. The third-order valence-corrected chi connectivity index (χ3v) is 3.51. The van der Waals surface area contributed by atoms with Gasteiger partial charge >= 0.3 is 11.8 Å². The molecule has 2 aromatic rings. The maximum absolute atomic E-state index is 13.4. The first kappa shape index (κ1) is 17.9. The highest BCUT2D eigenvalue weighted by atomic mass is 19.1. The van der Waals surface area contributed by atoms with Gasteiger partial charge < -0.3 is 16.4 Å². The first-order chi connectivity index (χ1) is 11.9. The number of hydrogen-bond donors (Lipinski definition) is 4. The van der Waals surface area contributed by atoms with E-state index < -0.39 is 17.6 Å². The van der Waals surface area contributed by atoms with E-state index in [0.717, 1.165) is 6.07 Å². The topological polar surface area (TPSA) is 137 Å². The minimum absolute atomic E-state index is 0.131. The number of nitrogens with two attached hydrogens (primary N) is 1. The summed E-state index contributed by atoms with van der Waals surface area (Å²) in [7, 11) is 0. The van der Waals surface area contributed by atoms with Crippen molar-refractivity contribution in [2.24, 2.45) is 0 Å². The minimum atomic E-state index is -0.883. The summed E-state index contributed by atoms with van der Waals surface area (Å²) in [6.07, 6.45) is 0.923. The number of nitriles is 1. The van der Waals surface area contributed by atoms with Gasteiger partial charge in [-0.25, -0.2) is 4.39 Å². The van der Waals surface area contributed by atoms with Gasteiger partial charge in [-0.2, -0.15) is 10.4 Å². The lowest BCUT2D eigenvalue weighted by Gasteiger charge is -2.07. The highest BCUT2D eigenvalue weighted by Crippen LogP contribution is 2.14. The number of carbonyl (C=O) groups is 2. The molecule has 0 bridgehead atoms. The van der Waals surface area contributed by atoms with E-state index in [9.17, 15) is 14.0 Å². The number of rotatable bonds is 5. The summed E-state index contributed by atoms with van der Waals surface area (Å²) in [6.45, 7) is 1.82. The maximum Gasteiger partial charge on any atom is 0.313 e. The van der Waals surface area contributed by atoms with Crippen LogP contribution < -0.4 is 16.4 Å². The van der Waals surface area contributed by atoms with Crippen molar-refractivity contribution in [1.82, 2.24) is 15.5 Å². The van der Waals surface area contributed by atoms with Crippen LogP contribution in [0.4, 0.5) is 15.9 Å². The third kappa shape index (κ3) is 4.54. The van der Waals surface area contributed by atoms with Gasteiger partial charge in [-0.1, -0.05) is 6.07 Å². The van der Waals surface area contributed by atoms with Gasteiger partial charge in [0.05, 0.1) is 5.69 Å². The van der Waals surface area contributed by atoms with Crippen molar-refractivity contribution in [1.29, 1.82) is 5.26 Å². The van der Waals surface area contributed by atoms with E-state index >= 15 is 0 Å². The molecule has 0 saturated heterocycles. The van der Waals surface area contributed by atoms with Crippen molar-refractivity contribution in [2.75, 3.05) is 17.6 Å². The molecule has 130 valence electrons. The van der Waals surface area contributed by atoms with E-state index in [1.165, 1.54) is 12.1 Å². The van der Waals surface area contributed by atoms with Crippen molar-refractivity contribution < 1.29 is 14.0 Å². The van der Waals surface area contributed by atoms with Crippen molar-refractivity contribution in [3.8, 4) is 6.07 Å². The predicted octanol–water partition coefficient (Wildman–Crippen LogP) is 0.999. The largest absolute Gasteiger partial charge is 0.381 e. The molecular formula is C16H17FN6O2. The number of hydrogen-bond acceptors (Lipinski definition) is 5. The molecule has 2 rings (SSSR count). The van der Waals surface area contributed by atoms with Crippen LogP contribution in [0, 0.1) is 24.1 Å². The van der Waals surface area contributed by atoms with Crippen LogP contribution in [0.5, 0.6) is 0 Å². The standard InChI is InChI=1S/C16H17FN6O2/c1-9-4-5-10(7-12(9)17)21-16(25)15(24)20-6-2-3-13-11(8-18)14(19)23-22-13/h4-5,7H,2-3,6H2,1H3,(H,20,24)(H,21,25)(H3,19,22,23). The van der Waals surface area contributed by atoms with E-state index in [4.69, 9.17) is 11.0 Å². The van der Waals surface area contributed by atoms with Gasteiger partial charge in [0.1, 0.15) is 17.4 Å². The fourth-order valence-corrected chi connectivity index (χ4v) is 2.11. The minimum Gasteiger partial charge on any atom is -0.381 e. The zero-order valence-electron chi connectivity index (χ0n) is 13.5. The van der Waals surface area contributed by atoms with Crippen LogP contribution in [-0.2, 0) is 16.0 Å². The molecule has 25 heavy (non-hydrogen) atoms. The van der Waals surface area contributed by atoms with E-state index in [0.29, 0.717) is 24.1 Å². The SMILES string of the molecule is Cc1ccc(NC(=O)C(=O)NCCCc2[nH]nc(N)c2C#N)cc1F. The molecule has 0 aliphatic heterocycles. The molecule has 0 fully saturated rings. The number of aromatic nitrogens is 2. The Balaban J connectivity index is 1.78. The van der Waals surface area contributed by atoms with E-state index in [2.05, 4.69) is 20.8 Å². The first-order valence-electron chi connectivity index (χ1n) is 7.50. The number of benzene rings is 1. The molecule has 1 aromatic heterocycles. The van der Waals surface area contributed by atoms with E-state index in [1.54, 1.807) is 6.92 Å². The Morgan fingerprint density at radius 1 is 1.40 bits per heavy atom. The lowest BCUT2D eigenvalue weighted by Crippen LogP contribution is -2.36. The van der Waals surface area contributed by atoms with Crippen LogP contribution in [0.2, 0.25) is 0 Å². The molecule has 2 amide bonds. The number of aryl methyl sites for hydroxylation is 2. The summed E-state index contributed by atoms with van der Waals surface area (Å²) in [5.74, 6) is -2.05. The molecule has 1 aromatic carbocycles. The summed E-state index contributed by atoms with van der Waals surface area (Å²) < 4.78 is 13.4. The van der Waals surface area contributed by atoms with Gasteiger partial charge in [-0.3, -0.25) is 14.7 Å². The number of amides is 2. The summed E-state index contributed by atoms with van der Waals surface area (Å²) >= 11 is 0. The number of carbonyl (C=O) groups excluding carboxylic acids is 2. The smallest absolute Gasteiger partial charge is 0.313 e. The molecule has 1 heterocycles. The van der Waals surface area contributed by atoms with Gasteiger partial charge in [-0.15, -0.1) is 0 Å². The Bertz CT molecular complexity index is 840. The normalized spacial score (nSPS) is 10.1. The van der Waals surface area contributed by atoms with E-state index in [-0.39, 0.29) is 23.6 Å². The summed E-state index contributed by atoms with van der Waals surface area (Å²) in [5, 5.41) is 20.1. The second-order valence-corrected chi connectivity index (χ2v) is 5.35. The number of nitrogens with zero attached hydrogens (tertiary/aromatic N) is 2. The molecule has 5 N–H and O–H groups in total. The van der Waals surface area contributed by atoms with Crippen molar-refractivity contribution in [3.05, 3.63) is 40.8 Å². The highest BCUT2D eigenvalue weighted by Gasteiger charge is 2.14. The van der Waals surface area contributed by atoms with Crippen LogP contribution in [0.15, 0.2) is 18.2 Å². The van der Waals surface area contributed by atoms with Crippen LogP contribution in [0.3, 0.4) is 0 Å². The summed E-state index contributed by atoms with van der Waals surface area (Å²) in [5.41, 5.74) is 7.03. The fourth-order valence-electron chi connectivity index (χ4n) is 2.11. The quantitative estimate of drug-likeness (QED) is 0.474. The maximum atomic E-state index is 13.4. The molecule has 8 nitrogen and oxygen atoms in total. The van der Waals surface area contributed by atoms with Gasteiger partial charge in [0.2, 0.25) is 0 Å². The lowest BCUT2D eigenvalue weighted by atomic mass is 10.1. The van der Waals surface area contributed by atoms with E-state index in [1.807, 2.05) is 6.07 Å².